The molecule has 0 aromatic heterocycles. The van der Waals surface area contributed by atoms with Gasteiger partial charge in [0.25, 0.3) is 0 Å². The number of rotatable bonds is 3. The summed E-state index contributed by atoms with van der Waals surface area (Å²) in [6.07, 6.45) is 0.633. The van der Waals surface area contributed by atoms with E-state index in [2.05, 4.69) is 5.32 Å². The normalized spacial score (nSPS) is 14.4. The third kappa shape index (κ3) is 2.67. The number of nitrogens with one attached hydrogen (secondary N) is 1. The van der Waals surface area contributed by atoms with Gasteiger partial charge in [-0.25, -0.2) is 0 Å². The predicted octanol–water partition coefficient (Wildman–Crippen LogP) is 2.33. The first-order valence-electron chi connectivity index (χ1n) is 7.78. The second kappa shape index (κ2) is 5.88. The van der Waals surface area contributed by atoms with Crippen LogP contribution in [0.5, 0.6) is 11.5 Å². The van der Waals surface area contributed by atoms with Crippen molar-refractivity contribution in [1.82, 2.24) is 0 Å². The van der Waals surface area contributed by atoms with Crippen LogP contribution in [0.25, 0.3) is 0 Å². The lowest BCUT2D eigenvalue weighted by molar-refractivity contribution is -0.125. The highest BCUT2D eigenvalue weighted by molar-refractivity contribution is 6.09. The molecule has 0 saturated carbocycles. The van der Waals surface area contributed by atoms with Gasteiger partial charge >= 0.3 is 0 Å². The van der Waals surface area contributed by atoms with Crippen molar-refractivity contribution >= 4 is 23.2 Å². The molecule has 2 amide bonds. The number of benzene rings is 2. The molecule has 0 fully saturated rings. The highest BCUT2D eigenvalue weighted by atomic mass is 16.7. The molecule has 2 aliphatic heterocycles. The Balaban J connectivity index is 1.40. The van der Waals surface area contributed by atoms with Crippen LogP contribution in [0.2, 0.25) is 0 Å². The van der Waals surface area contributed by atoms with E-state index in [-0.39, 0.29) is 25.0 Å². The summed E-state index contributed by atoms with van der Waals surface area (Å²) in [6, 6.07) is 12.9. The van der Waals surface area contributed by atoms with Gasteiger partial charge in [0.2, 0.25) is 18.6 Å². The quantitative estimate of drug-likeness (QED) is 0.880. The highest BCUT2D eigenvalue weighted by Crippen LogP contribution is 2.34. The fourth-order valence-electron chi connectivity index (χ4n) is 3.01. The molecular weight excluding hydrogens is 308 g/mol. The van der Waals surface area contributed by atoms with Gasteiger partial charge in [-0.2, -0.15) is 0 Å². The standard InChI is InChI=1S/C18H16N2O4/c21-17(19-13-5-6-15-16(9-13)24-11-23-15)10-18(22)20-8-7-12-3-1-2-4-14(12)20/h1-6,9H,7-8,10-11H2,(H,19,21). The van der Waals surface area contributed by atoms with Crippen LogP contribution in [0.1, 0.15) is 12.0 Å². The van der Waals surface area contributed by atoms with Crippen LogP contribution < -0.4 is 19.7 Å². The Morgan fingerprint density at radius 2 is 1.92 bits per heavy atom. The van der Waals surface area contributed by atoms with Crippen LogP contribution in [-0.4, -0.2) is 25.2 Å². The van der Waals surface area contributed by atoms with E-state index in [4.69, 9.17) is 9.47 Å². The van der Waals surface area contributed by atoms with E-state index in [1.54, 1.807) is 23.1 Å². The molecule has 0 atom stereocenters. The van der Waals surface area contributed by atoms with Gasteiger partial charge in [0.05, 0.1) is 0 Å². The Morgan fingerprint density at radius 1 is 1.08 bits per heavy atom. The van der Waals surface area contributed by atoms with Crippen molar-refractivity contribution in [2.45, 2.75) is 12.8 Å². The summed E-state index contributed by atoms with van der Waals surface area (Å²) in [5.41, 5.74) is 2.62. The molecule has 2 heterocycles. The molecule has 6 nitrogen and oxygen atoms in total. The number of carbonyl (C=O) groups excluding carboxylic acids is 2. The molecule has 0 radical (unpaired) electrons. The van der Waals surface area contributed by atoms with E-state index >= 15 is 0 Å². The molecule has 0 saturated heterocycles. The van der Waals surface area contributed by atoms with Gasteiger partial charge in [0, 0.05) is 24.0 Å². The molecule has 0 aliphatic carbocycles. The first kappa shape index (κ1) is 14.6. The van der Waals surface area contributed by atoms with Gasteiger partial charge in [-0.15, -0.1) is 0 Å². The van der Waals surface area contributed by atoms with Crippen LogP contribution in [0.15, 0.2) is 42.5 Å². The van der Waals surface area contributed by atoms with Crippen LogP contribution in [0, 0.1) is 0 Å². The molecule has 4 rings (SSSR count). The molecule has 2 aromatic rings. The number of hydrogen-bond acceptors (Lipinski definition) is 4. The average molecular weight is 324 g/mol. The van der Waals surface area contributed by atoms with E-state index in [1.807, 2.05) is 24.3 Å². The summed E-state index contributed by atoms with van der Waals surface area (Å²) in [5, 5.41) is 2.73. The third-order valence-corrected chi connectivity index (χ3v) is 4.16. The van der Waals surface area contributed by atoms with Crippen LogP contribution in [0.4, 0.5) is 11.4 Å². The molecule has 0 spiro atoms. The molecule has 6 heteroatoms. The van der Waals surface area contributed by atoms with Crippen molar-refractivity contribution in [3.63, 3.8) is 0 Å². The lowest BCUT2D eigenvalue weighted by Gasteiger charge is -2.17. The molecule has 24 heavy (non-hydrogen) atoms. The topological polar surface area (TPSA) is 67.9 Å². The molecule has 1 N–H and O–H groups in total. The van der Waals surface area contributed by atoms with Gasteiger partial charge in [0.15, 0.2) is 11.5 Å². The van der Waals surface area contributed by atoms with E-state index in [1.165, 1.54) is 0 Å². The number of para-hydroxylation sites is 1. The van der Waals surface area contributed by atoms with Gasteiger partial charge in [0.1, 0.15) is 6.42 Å². The van der Waals surface area contributed by atoms with Crippen LogP contribution in [0.3, 0.4) is 0 Å². The summed E-state index contributed by atoms with van der Waals surface area (Å²) in [7, 11) is 0. The molecular formula is C18H16N2O4. The Labute approximate surface area is 139 Å². The summed E-state index contributed by atoms with van der Waals surface area (Å²) < 4.78 is 10.5. The lowest BCUT2D eigenvalue weighted by atomic mass is 10.2. The van der Waals surface area contributed by atoms with E-state index < -0.39 is 0 Å². The zero-order chi connectivity index (χ0) is 16.5. The zero-order valence-electron chi connectivity index (χ0n) is 13.0. The second-order valence-electron chi connectivity index (χ2n) is 5.72. The van der Waals surface area contributed by atoms with Gasteiger partial charge in [-0.1, -0.05) is 18.2 Å². The lowest BCUT2D eigenvalue weighted by Crippen LogP contribution is -2.32. The van der Waals surface area contributed by atoms with E-state index in [0.29, 0.717) is 23.7 Å². The Kier molecular flexibility index (Phi) is 3.57. The van der Waals surface area contributed by atoms with Gasteiger partial charge < -0.3 is 19.7 Å². The highest BCUT2D eigenvalue weighted by Gasteiger charge is 2.25. The maximum Gasteiger partial charge on any atom is 0.236 e. The van der Waals surface area contributed by atoms with Crippen molar-refractivity contribution in [2.75, 3.05) is 23.6 Å². The Hall–Kier alpha value is -3.02. The predicted molar refractivity (Wildman–Crippen MR) is 88.3 cm³/mol. The molecule has 0 unspecified atom stereocenters. The van der Waals surface area contributed by atoms with Crippen molar-refractivity contribution in [3.8, 4) is 11.5 Å². The van der Waals surface area contributed by atoms with Crippen molar-refractivity contribution in [3.05, 3.63) is 48.0 Å². The first-order chi connectivity index (χ1) is 11.7. The fraction of sp³-hybridized carbons (Fsp3) is 0.222. The van der Waals surface area contributed by atoms with E-state index in [9.17, 15) is 9.59 Å². The number of nitrogens with zero attached hydrogens (tertiary/aromatic N) is 1. The van der Waals surface area contributed by atoms with Crippen molar-refractivity contribution < 1.29 is 19.1 Å². The minimum Gasteiger partial charge on any atom is -0.454 e. The van der Waals surface area contributed by atoms with Crippen molar-refractivity contribution in [1.29, 1.82) is 0 Å². The largest absolute Gasteiger partial charge is 0.454 e. The summed E-state index contributed by atoms with van der Waals surface area (Å²) in [4.78, 5) is 26.3. The average Bonchev–Trinajstić information content (AvgIpc) is 3.20. The minimum atomic E-state index is -0.344. The number of carbonyl (C=O) groups is 2. The monoisotopic (exact) mass is 324 g/mol. The summed E-state index contributed by atoms with van der Waals surface area (Å²) in [6.45, 7) is 0.801. The smallest absolute Gasteiger partial charge is 0.236 e. The van der Waals surface area contributed by atoms with Gasteiger partial charge in [-0.3, -0.25) is 9.59 Å². The second-order valence-corrected chi connectivity index (χ2v) is 5.72. The zero-order valence-corrected chi connectivity index (χ0v) is 13.0. The number of hydrogen-bond donors (Lipinski definition) is 1. The van der Waals surface area contributed by atoms with Crippen LogP contribution >= 0.6 is 0 Å². The minimum absolute atomic E-state index is 0.180. The number of fused-ring (bicyclic) bond motifs is 2. The van der Waals surface area contributed by atoms with Crippen molar-refractivity contribution in [2.24, 2.45) is 0 Å². The number of ether oxygens (including phenoxy) is 2. The third-order valence-electron chi connectivity index (χ3n) is 4.16. The number of anilines is 2. The Morgan fingerprint density at radius 3 is 2.83 bits per heavy atom. The fourth-order valence-corrected chi connectivity index (χ4v) is 3.01. The maximum absolute atomic E-state index is 12.4. The number of amides is 2. The summed E-state index contributed by atoms with van der Waals surface area (Å²) >= 11 is 0. The Bertz CT molecular complexity index is 818. The SMILES string of the molecule is O=C(CC(=O)N1CCc2ccccc21)Nc1ccc2c(c1)OCO2. The molecule has 2 aliphatic rings. The molecule has 122 valence electrons. The molecule has 2 aromatic carbocycles. The summed E-state index contributed by atoms with van der Waals surface area (Å²) in [5.74, 6) is 0.701. The van der Waals surface area contributed by atoms with E-state index in [0.717, 1.165) is 17.7 Å². The first-order valence-corrected chi connectivity index (χ1v) is 7.78. The van der Waals surface area contributed by atoms with Crippen LogP contribution in [-0.2, 0) is 16.0 Å². The van der Waals surface area contributed by atoms with Gasteiger partial charge in [-0.05, 0) is 30.2 Å². The maximum atomic E-state index is 12.4. The molecule has 0 bridgehead atoms.